The van der Waals surface area contributed by atoms with Gasteiger partial charge >= 0.3 is 0 Å². The molecule has 0 aliphatic rings. The van der Waals surface area contributed by atoms with Crippen molar-refractivity contribution in [2.75, 3.05) is 48.6 Å². The second kappa shape index (κ2) is 13.5. The van der Waals surface area contributed by atoms with Crippen LogP contribution in [0.4, 0.5) is 21.6 Å². The first-order valence-corrected chi connectivity index (χ1v) is 14.7. The Balaban J connectivity index is 1.29. The minimum absolute atomic E-state index is 0.0832. The fraction of sp³-hybridized carbons (Fsp3) is 0.407. The zero-order chi connectivity index (χ0) is 29.5. The van der Waals surface area contributed by atoms with Crippen LogP contribution in [0.3, 0.4) is 0 Å². The molecular formula is C27H34N10O2S2. The maximum Gasteiger partial charge on any atom is 0.232 e. The topological polar surface area (TPSA) is 142 Å². The Kier molecular flexibility index (Phi) is 9.89. The summed E-state index contributed by atoms with van der Waals surface area (Å²) in [6.45, 7) is 4.14. The molecule has 4 aromatic rings. The number of carbonyl (C=O) groups excluding carboxylic acids is 2. The minimum atomic E-state index is -0.194. The number of aromatic nitrogens is 6. The van der Waals surface area contributed by atoms with Crippen molar-refractivity contribution in [1.82, 2.24) is 30.4 Å². The molecule has 41 heavy (non-hydrogen) atoms. The van der Waals surface area contributed by atoms with Crippen LogP contribution in [0, 0.1) is 0 Å². The first kappa shape index (κ1) is 29.9. The highest BCUT2D eigenvalue weighted by Gasteiger charge is 2.21. The lowest BCUT2D eigenvalue weighted by Gasteiger charge is -2.15. The van der Waals surface area contributed by atoms with Gasteiger partial charge in [0.2, 0.25) is 22.1 Å². The molecule has 0 radical (unpaired) electrons. The normalized spacial score (nSPS) is 12.4. The lowest BCUT2D eigenvalue weighted by atomic mass is 9.98. The molecule has 4 heterocycles. The monoisotopic (exact) mass is 594 g/mol. The fourth-order valence-corrected chi connectivity index (χ4v) is 5.92. The Morgan fingerprint density at radius 1 is 0.732 bits per heavy atom. The molecule has 4 rings (SSSR count). The van der Waals surface area contributed by atoms with Gasteiger partial charge in [-0.1, -0.05) is 36.5 Å². The molecule has 4 aromatic heterocycles. The predicted molar refractivity (Wildman–Crippen MR) is 163 cm³/mol. The van der Waals surface area contributed by atoms with Gasteiger partial charge in [-0.2, -0.15) is 0 Å². The van der Waals surface area contributed by atoms with Gasteiger partial charge < -0.3 is 20.4 Å². The van der Waals surface area contributed by atoms with Crippen molar-refractivity contribution >= 4 is 56.1 Å². The van der Waals surface area contributed by atoms with Crippen molar-refractivity contribution in [3.8, 4) is 0 Å². The van der Waals surface area contributed by atoms with Crippen molar-refractivity contribution in [1.29, 1.82) is 0 Å². The third-order valence-corrected chi connectivity index (χ3v) is 8.42. The van der Waals surface area contributed by atoms with E-state index in [1.807, 2.05) is 62.3 Å². The van der Waals surface area contributed by atoms with Crippen LogP contribution in [0.2, 0.25) is 0 Å². The Morgan fingerprint density at radius 3 is 1.54 bits per heavy atom. The molecule has 14 heteroatoms. The number of nitrogens with zero attached hydrogens (tertiary/aromatic N) is 8. The van der Waals surface area contributed by atoms with E-state index in [0.717, 1.165) is 27.8 Å². The number of carbonyl (C=O) groups is 2. The molecule has 2 N–H and O–H groups in total. The summed E-state index contributed by atoms with van der Waals surface area (Å²) in [4.78, 5) is 37.9. The van der Waals surface area contributed by atoms with Crippen LogP contribution in [0.1, 0.15) is 53.5 Å². The molecule has 0 unspecified atom stereocenters. The van der Waals surface area contributed by atoms with Gasteiger partial charge in [-0.3, -0.25) is 19.6 Å². The maximum atomic E-state index is 12.6. The van der Waals surface area contributed by atoms with Crippen LogP contribution in [0.25, 0.3) is 0 Å². The SMILES string of the molecule is C[C@@H](C[C@H](C)c1nnc(NC(=O)Cc2ncccc2N(C)C)s1)c1nnc(NC(=O)Cc2ncccc2N(C)C)s1. The average Bonchev–Trinajstić information content (AvgIpc) is 3.59. The van der Waals surface area contributed by atoms with Gasteiger partial charge in [0.1, 0.15) is 10.0 Å². The van der Waals surface area contributed by atoms with Gasteiger partial charge in [0.15, 0.2) is 0 Å². The van der Waals surface area contributed by atoms with E-state index in [1.165, 1.54) is 22.7 Å². The standard InChI is InChI=1S/C27H34N10O2S2/c1-16(24-32-34-26(40-24)30-22(38)14-18-20(36(3)4)9-7-11-28-18)13-17(2)25-33-35-27(41-25)31-23(39)15-19-21(37(5)6)10-8-12-29-19/h7-12,16-17H,13-15H2,1-6H3,(H,30,34,38)(H,31,35,39)/t16-,17-/m0/s1. The number of pyridine rings is 2. The van der Waals surface area contributed by atoms with Crippen molar-refractivity contribution in [3.63, 3.8) is 0 Å². The number of nitrogens with one attached hydrogen (secondary N) is 2. The second-order valence-corrected chi connectivity index (χ2v) is 12.1. The van der Waals surface area contributed by atoms with Crippen LogP contribution in [-0.2, 0) is 22.4 Å². The number of anilines is 4. The summed E-state index contributed by atoms with van der Waals surface area (Å²) in [6, 6.07) is 7.55. The zero-order valence-electron chi connectivity index (χ0n) is 24.0. The summed E-state index contributed by atoms with van der Waals surface area (Å²) >= 11 is 2.72. The molecular weight excluding hydrogens is 560 g/mol. The summed E-state index contributed by atoms with van der Waals surface area (Å²) in [5.41, 5.74) is 3.19. The third kappa shape index (κ3) is 8.01. The Hall–Kier alpha value is -4.04. The first-order chi connectivity index (χ1) is 19.6. The molecule has 0 bridgehead atoms. The van der Waals surface area contributed by atoms with Crippen LogP contribution >= 0.6 is 22.7 Å². The number of hydrogen-bond donors (Lipinski definition) is 2. The first-order valence-electron chi connectivity index (χ1n) is 13.1. The summed E-state index contributed by atoms with van der Waals surface area (Å²) in [6.07, 6.45) is 4.40. The summed E-state index contributed by atoms with van der Waals surface area (Å²) in [7, 11) is 7.67. The fourth-order valence-electron chi connectivity index (χ4n) is 4.28. The van der Waals surface area contributed by atoms with Gasteiger partial charge in [0.05, 0.1) is 35.6 Å². The van der Waals surface area contributed by atoms with Gasteiger partial charge in [-0.25, -0.2) is 0 Å². The van der Waals surface area contributed by atoms with Gasteiger partial charge in [0.25, 0.3) is 0 Å². The third-order valence-electron chi connectivity index (χ3n) is 6.28. The highest BCUT2D eigenvalue weighted by molar-refractivity contribution is 7.15. The highest BCUT2D eigenvalue weighted by Crippen LogP contribution is 2.34. The van der Waals surface area contributed by atoms with E-state index in [4.69, 9.17) is 0 Å². The Morgan fingerprint density at radius 2 is 1.15 bits per heavy atom. The number of hydrogen-bond acceptors (Lipinski definition) is 12. The zero-order valence-corrected chi connectivity index (χ0v) is 25.6. The average molecular weight is 595 g/mol. The quantitative estimate of drug-likeness (QED) is 0.247. The van der Waals surface area contributed by atoms with E-state index in [0.29, 0.717) is 21.7 Å². The molecule has 0 aliphatic heterocycles. The van der Waals surface area contributed by atoms with Crippen LogP contribution < -0.4 is 20.4 Å². The van der Waals surface area contributed by atoms with E-state index >= 15 is 0 Å². The van der Waals surface area contributed by atoms with Crippen molar-refractivity contribution < 1.29 is 9.59 Å². The molecule has 0 aliphatic carbocycles. The van der Waals surface area contributed by atoms with Crippen LogP contribution in [0.5, 0.6) is 0 Å². The molecule has 0 saturated heterocycles. The van der Waals surface area contributed by atoms with E-state index in [1.54, 1.807) is 12.4 Å². The molecule has 2 amide bonds. The van der Waals surface area contributed by atoms with E-state index in [9.17, 15) is 9.59 Å². The molecule has 2 atom stereocenters. The molecule has 0 aromatic carbocycles. The molecule has 0 spiro atoms. The Bertz CT molecular complexity index is 1380. The number of rotatable bonds is 12. The van der Waals surface area contributed by atoms with E-state index in [2.05, 4.69) is 54.8 Å². The lowest BCUT2D eigenvalue weighted by molar-refractivity contribution is -0.116. The summed E-state index contributed by atoms with van der Waals surface area (Å²) in [5.74, 6) is -0.223. The van der Waals surface area contributed by atoms with Crippen molar-refractivity contribution in [2.45, 2.75) is 44.9 Å². The van der Waals surface area contributed by atoms with Gasteiger partial charge in [-0.05, 0) is 30.7 Å². The second-order valence-electron chi connectivity index (χ2n) is 10.1. The summed E-state index contributed by atoms with van der Waals surface area (Å²) < 4.78 is 0. The molecule has 216 valence electrons. The molecule has 0 fully saturated rings. The van der Waals surface area contributed by atoms with Gasteiger partial charge in [0, 0.05) is 52.4 Å². The predicted octanol–water partition coefficient (Wildman–Crippen LogP) is 3.97. The minimum Gasteiger partial charge on any atom is -0.376 e. The Labute approximate surface area is 247 Å². The lowest BCUT2D eigenvalue weighted by Crippen LogP contribution is -2.18. The highest BCUT2D eigenvalue weighted by atomic mass is 32.1. The van der Waals surface area contributed by atoms with Crippen LogP contribution in [0.15, 0.2) is 36.7 Å². The van der Waals surface area contributed by atoms with Gasteiger partial charge in [-0.15, -0.1) is 20.4 Å². The summed E-state index contributed by atoms with van der Waals surface area (Å²) in [5, 5.41) is 25.2. The van der Waals surface area contributed by atoms with E-state index in [-0.39, 0.29) is 36.5 Å². The smallest absolute Gasteiger partial charge is 0.232 e. The van der Waals surface area contributed by atoms with Crippen molar-refractivity contribution in [2.24, 2.45) is 0 Å². The van der Waals surface area contributed by atoms with Crippen molar-refractivity contribution in [3.05, 3.63) is 58.1 Å². The van der Waals surface area contributed by atoms with Crippen LogP contribution in [-0.4, -0.2) is 70.4 Å². The molecule has 12 nitrogen and oxygen atoms in total. The number of amides is 2. The van der Waals surface area contributed by atoms with E-state index < -0.39 is 0 Å². The molecule has 0 saturated carbocycles. The maximum absolute atomic E-state index is 12.6. The largest absolute Gasteiger partial charge is 0.376 e.